The Bertz CT molecular complexity index is 771. The monoisotopic (exact) mass is 353 g/mol. The summed E-state index contributed by atoms with van der Waals surface area (Å²) in [5.41, 5.74) is 5.95. The molecule has 134 valence electrons. The number of hydrogen-bond acceptors (Lipinski definition) is 3. The normalized spacial score (nSPS) is 18.8. The van der Waals surface area contributed by atoms with Crippen molar-refractivity contribution in [3.63, 3.8) is 0 Å². The van der Waals surface area contributed by atoms with E-state index >= 15 is 0 Å². The molecule has 0 amide bonds. The lowest BCUT2D eigenvalue weighted by Gasteiger charge is -2.23. The van der Waals surface area contributed by atoms with Gasteiger partial charge in [-0.05, 0) is 18.4 Å². The fourth-order valence-electron chi connectivity index (χ4n) is 3.47. The van der Waals surface area contributed by atoms with Crippen LogP contribution in [0.3, 0.4) is 0 Å². The first-order valence-electron chi connectivity index (χ1n) is 8.10. The summed E-state index contributed by atoms with van der Waals surface area (Å²) >= 11 is 0. The average Bonchev–Trinajstić information content (AvgIpc) is 3.17. The standard InChI is InChI=1S/C15H17N3.C2HF3O2/c1-2-5-12-11(4-1)8-16-9-13(12)14-10-17-18-7-3-6-15(14)18;3-2(4,5)1(6)7/h1-2,4-5,10,13,16H,3,6-9H2;(H,6,7). The molecule has 2 aromatic rings. The van der Waals surface area contributed by atoms with Crippen LogP contribution >= 0.6 is 0 Å². The van der Waals surface area contributed by atoms with Crippen LogP contribution in [0.4, 0.5) is 13.2 Å². The van der Waals surface area contributed by atoms with Crippen molar-refractivity contribution in [3.05, 3.63) is 52.8 Å². The van der Waals surface area contributed by atoms with Crippen LogP contribution in [0, 0.1) is 0 Å². The molecule has 0 fully saturated rings. The highest BCUT2D eigenvalue weighted by molar-refractivity contribution is 5.70. The summed E-state index contributed by atoms with van der Waals surface area (Å²) in [5, 5.41) is 15.8. The van der Waals surface area contributed by atoms with Gasteiger partial charge in [-0.3, -0.25) is 4.68 Å². The number of quaternary nitrogens is 1. The number of carboxylic acids is 1. The first-order chi connectivity index (χ1) is 11.9. The molecule has 8 heteroatoms. The Hall–Kier alpha value is -2.35. The van der Waals surface area contributed by atoms with E-state index in [9.17, 15) is 13.2 Å². The number of carboxylic acid groups (broad SMARTS) is 1. The molecule has 1 aromatic carbocycles. The van der Waals surface area contributed by atoms with Crippen molar-refractivity contribution in [2.45, 2.75) is 38.0 Å². The molecule has 0 spiro atoms. The van der Waals surface area contributed by atoms with Crippen molar-refractivity contribution < 1.29 is 28.4 Å². The molecule has 0 saturated heterocycles. The van der Waals surface area contributed by atoms with E-state index < -0.39 is 12.1 Å². The van der Waals surface area contributed by atoms with E-state index in [4.69, 9.17) is 9.90 Å². The van der Waals surface area contributed by atoms with Crippen LogP contribution in [-0.4, -0.2) is 28.5 Å². The predicted molar refractivity (Wildman–Crippen MR) is 80.4 cm³/mol. The molecule has 0 bridgehead atoms. The van der Waals surface area contributed by atoms with E-state index in [-0.39, 0.29) is 0 Å². The van der Waals surface area contributed by atoms with Gasteiger partial charge in [0.15, 0.2) is 0 Å². The van der Waals surface area contributed by atoms with E-state index in [2.05, 4.69) is 45.6 Å². The lowest BCUT2D eigenvalue weighted by molar-refractivity contribution is -0.675. The van der Waals surface area contributed by atoms with Crippen LogP contribution in [0.2, 0.25) is 0 Å². The number of carbonyl (C=O) groups is 1. The Balaban J connectivity index is 0.000000225. The van der Waals surface area contributed by atoms with Crippen molar-refractivity contribution in [2.24, 2.45) is 0 Å². The van der Waals surface area contributed by atoms with Gasteiger partial charge in [0.05, 0.1) is 18.7 Å². The van der Waals surface area contributed by atoms with Gasteiger partial charge in [0.2, 0.25) is 0 Å². The molecule has 25 heavy (non-hydrogen) atoms. The maximum atomic E-state index is 10.5. The highest BCUT2D eigenvalue weighted by Crippen LogP contribution is 2.32. The van der Waals surface area contributed by atoms with Gasteiger partial charge >= 0.3 is 6.18 Å². The molecule has 2 N–H and O–H groups in total. The first kappa shape index (κ1) is 17.5. The summed E-state index contributed by atoms with van der Waals surface area (Å²) in [6.07, 6.45) is -0.628. The molecule has 0 radical (unpaired) electrons. The molecule has 0 saturated carbocycles. The zero-order chi connectivity index (χ0) is 18.0. The molecule has 4 rings (SSSR count). The number of fused-ring (bicyclic) bond motifs is 2. The second-order valence-electron chi connectivity index (χ2n) is 6.14. The van der Waals surface area contributed by atoms with Gasteiger partial charge in [0, 0.05) is 23.4 Å². The smallest absolute Gasteiger partial charge is 0.430 e. The first-order valence-corrected chi connectivity index (χ1v) is 8.10. The molecule has 2 aliphatic heterocycles. The van der Waals surface area contributed by atoms with Crippen molar-refractivity contribution in [1.82, 2.24) is 9.78 Å². The summed E-state index contributed by atoms with van der Waals surface area (Å²) in [5.74, 6) is -2.47. The lowest BCUT2D eigenvalue weighted by Crippen LogP contribution is -2.85. The highest BCUT2D eigenvalue weighted by atomic mass is 19.4. The lowest BCUT2D eigenvalue weighted by atomic mass is 9.85. The number of aliphatic carboxylic acids is 1. The number of alkyl halides is 3. The van der Waals surface area contributed by atoms with Crippen molar-refractivity contribution in [2.75, 3.05) is 6.54 Å². The quantitative estimate of drug-likeness (QED) is 0.803. The molecule has 1 unspecified atom stereocenters. The summed E-state index contributed by atoms with van der Waals surface area (Å²) in [6, 6.07) is 8.88. The Morgan fingerprint density at radius 1 is 1.28 bits per heavy atom. The van der Waals surface area contributed by atoms with E-state index in [1.165, 1.54) is 35.2 Å². The Morgan fingerprint density at radius 2 is 2.00 bits per heavy atom. The van der Waals surface area contributed by atoms with Gasteiger partial charge in [-0.25, -0.2) is 0 Å². The van der Waals surface area contributed by atoms with Crippen molar-refractivity contribution in [1.29, 1.82) is 0 Å². The van der Waals surface area contributed by atoms with Gasteiger partial charge < -0.3 is 15.2 Å². The molecule has 2 aliphatic rings. The minimum absolute atomic E-state index is 0.539. The number of nitrogens with zero attached hydrogens (tertiary/aromatic N) is 2. The number of benzene rings is 1. The fraction of sp³-hybridized carbons (Fsp3) is 0.412. The van der Waals surface area contributed by atoms with Crippen LogP contribution in [0.5, 0.6) is 0 Å². The van der Waals surface area contributed by atoms with Crippen LogP contribution < -0.4 is 10.4 Å². The van der Waals surface area contributed by atoms with Crippen LogP contribution in [0.15, 0.2) is 30.5 Å². The molecule has 1 aromatic heterocycles. The number of rotatable bonds is 1. The van der Waals surface area contributed by atoms with Gasteiger partial charge in [0.1, 0.15) is 12.5 Å². The Morgan fingerprint density at radius 3 is 2.72 bits per heavy atom. The SMILES string of the molecule is O=C([O-])C(F)(F)F.c1ccc2c(c1)C[NH2+]CC2c1cnn2c1CCC2. The van der Waals surface area contributed by atoms with Gasteiger partial charge in [-0.1, -0.05) is 24.3 Å². The number of aryl methyl sites for hydroxylation is 1. The number of halogens is 3. The van der Waals surface area contributed by atoms with Crippen LogP contribution in [0.25, 0.3) is 0 Å². The highest BCUT2D eigenvalue weighted by Gasteiger charge is 2.29. The second kappa shape index (κ2) is 6.87. The van der Waals surface area contributed by atoms with E-state index in [0.29, 0.717) is 5.92 Å². The third-order valence-electron chi connectivity index (χ3n) is 4.57. The van der Waals surface area contributed by atoms with Crippen molar-refractivity contribution >= 4 is 5.97 Å². The number of nitrogens with two attached hydrogens (primary N) is 1. The molecular formula is C17H18F3N3O2. The molecule has 3 heterocycles. The summed E-state index contributed by atoms with van der Waals surface area (Å²) in [6.45, 7) is 3.39. The largest absolute Gasteiger partial charge is 0.542 e. The van der Waals surface area contributed by atoms with Gasteiger partial charge in [-0.15, -0.1) is 0 Å². The summed E-state index contributed by atoms with van der Waals surface area (Å²) in [4.78, 5) is 8.78. The maximum absolute atomic E-state index is 10.5. The minimum atomic E-state index is -5.19. The summed E-state index contributed by atoms with van der Waals surface area (Å²) in [7, 11) is 0. The number of aromatic nitrogens is 2. The number of hydrogen-bond donors (Lipinski definition) is 1. The van der Waals surface area contributed by atoms with Gasteiger partial charge in [0.25, 0.3) is 0 Å². The molecule has 5 nitrogen and oxygen atoms in total. The Labute approximate surface area is 142 Å². The topological polar surface area (TPSA) is 74.6 Å². The zero-order valence-electron chi connectivity index (χ0n) is 13.4. The second-order valence-corrected chi connectivity index (χ2v) is 6.14. The number of carbonyl (C=O) groups excluding carboxylic acids is 1. The minimum Gasteiger partial charge on any atom is -0.542 e. The fourth-order valence-corrected chi connectivity index (χ4v) is 3.47. The maximum Gasteiger partial charge on any atom is 0.430 e. The van der Waals surface area contributed by atoms with E-state index in [1.54, 1.807) is 0 Å². The summed E-state index contributed by atoms with van der Waals surface area (Å²) < 4.78 is 33.7. The zero-order valence-corrected chi connectivity index (χ0v) is 13.4. The van der Waals surface area contributed by atoms with E-state index in [1.807, 2.05) is 0 Å². The predicted octanol–water partition coefficient (Wildman–Crippen LogP) is 0.337. The molecule has 0 aliphatic carbocycles. The average molecular weight is 353 g/mol. The van der Waals surface area contributed by atoms with Crippen LogP contribution in [0.1, 0.15) is 34.7 Å². The molecule has 1 atom stereocenters. The third kappa shape index (κ3) is 3.68. The Kier molecular flexibility index (Phi) is 4.80. The molecular weight excluding hydrogens is 335 g/mol. The third-order valence-corrected chi connectivity index (χ3v) is 4.57. The van der Waals surface area contributed by atoms with Crippen LogP contribution in [-0.2, 0) is 24.3 Å². The van der Waals surface area contributed by atoms with Gasteiger partial charge in [-0.2, -0.15) is 18.3 Å². The van der Waals surface area contributed by atoms with Crippen molar-refractivity contribution in [3.8, 4) is 0 Å². The van der Waals surface area contributed by atoms with E-state index in [0.717, 1.165) is 19.6 Å².